The van der Waals surface area contributed by atoms with E-state index < -0.39 is 15.9 Å². The number of unbranched alkanes of at least 4 members (excludes halogenated alkanes) is 1. The highest BCUT2D eigenvalue weighted by molar-refractivity contribution is 7.91. The normalized spacial score (nSPS) is 19.5. The van der Waals surface area contributed by atoms with Crippen molar-refractivity contribution in [1.29, 1.82) is 0 Å². The van der Waals surface area contributed by atoms with Crippen LogP contribution < -0.4 is 4.90 Å². The molecule has 1 heterocycles. The lowest BCUT2D eigenvalue weighted by Gasteiger charge is -2.27. The number of hydrogen-bond donors (Lipinski definition) is 0. The summed E-state index contributed by atoms with van der Waals surface area (Å²) >= 11 is 0. The van der Waals surface area contributed by atoms with Gasteiger partial charge in [0, 0.05) is 5.69 Å². The van der Waals surface area contributed by atoms with Gasteiger partial charge < -0.3 is 4.74 Å². The summed E-state index contributed by atoms with van der Waals surface area (Å²) in [6, 6.07) is 7.42. The molecule has 1 atom stereocenters. The standard InChI is InChI=1S/C17H25NO4S/c1-3-5-6-14-7-9-15(10-8-14)18(17(19)22-4-2)16-11-12-23(20,21)13-16/h7-10,16H,3-6,11-13H2,1-2H3. The van der Waals surface area contributed by atoms with E-state index in [1.165, 1.54) is 10.5 Å². The molecule has 1 aliphatic rings. The van der Waals surface area contributed by atoms with Crippen LogP contribution in [0.5, 0.6) is 0 Å². The van der Waals surface area contributed by atoms with Gasteiger partial charge in [-0.2, -0.15) is 0 Å². The summed E-state index contributed by atoms with van der Waals surface area (Å²) in [4.78, 5) is 13.8. The predicted octanol–water partition coefficient (Wildman–Crippen LogP) is 3.18. The fourth-order valence-electron chi connectivity index (χ4n) is 2.84. The van der Waals surface area contributed by atoms with Gasteiger partial charge in [0.05, 0.1) is 24.2 Å². The molecule has 0 spiro atoms. The summed E-state index contributed by atoms with van der Waals surface area (Å²) in [7, 11) is -3.07. The van der Waals surface area contributed by atoms with Crippen LogP contribution in [0, 0.1) is 0 Å². The number of rotatable bonds is 6. The van der Waals surface area contributed by atoms with Crippen LogP contribution in [0.2, 0.25) is 0 Å². The van der Waals surface area contributed by atoms with Crippen molar-refractivity contribution in [3.8, 4) is 0 Å². The minimum atomic E-state index is -3.07. The maximum atomic E-state index is 12.3. The Bertz CT molecular complexity index is 624. The maximum Gasteiger partial charge on any atom is 0.414 e. The molecule has 1 aromatic rings. The summed E-state index contributed by atoms with van der Waals surface area (Å²) in [6.45, 7) is 4.16. The van der Waals surface area contributed by atoms with E-state index >= 15 is 0 Å². The molecule has 6 heteroatoms. The summed E-state index contributed by atoms with van der Waals surface area (Å²) in [5, 5.41) is 0. The SMILES string of the molecule is CCCCc1ccc(N(C(=O)OCC)C2CCS(=O)(=O)C2)cc1. The lowest BCUT2D eigenvalue weighted by molar-refractivity contribution is 0.157. The van der Waals surface area contributed by atoms with E-state index in [2.05, 4.69) is 6.92 Å². The Kier molecular flexibility index (Phi) is 6.04. The number of aryl methyl sites for hydroxylation is 1. The summed E-state index contributed by atoms with van der Waals surface area (Å²) < 4.78 is 28.6. The van der Waals surface area contributed by atoms with Gasteiger partial charge in [-0.3, -0.25) is 4.90 Å². The molecule has 2 rings (SSSR count). The number of hydrogen-bond acceptors (Lipinski definition) is 4. The molecule has 1 aliphatic heterocycles. The van der Waals surface area contributed by atoms with Crippen molar-refractivity contribution in [2.75, 3.05) is 23.0 Å². The Morgan fingerprint density at radius 2 is 1.96 bits per heavy atom. The Balaban J connectivity index is 2.21. The van der Waals surface area contributed by atoms with Gasteiger partial charge in [-0.15, -0.1) is 0 Å². The molecule has 1 amide bonds. The highest BCUT2D eigenvalue weighted by Gasteiger charge is 2.36. The topological polar surface area (TPSA) is 63.7 Å². The predicted molar refractivity (Wildman–Crippen MR) is 91.6 cm³/mol. The molecule has 1 aromatic carbocycles. The van der Waals surface area contributed by atoms with Crippen molar-refractivity contribution < 1.29 is 17.9 Å². The zero-order chi connectivity index (χ0) is 16.9. The van der Waals surface area contributed by atoms with Crippen LogP contribution in [-0.2, 0) is 21.0 Å². The average molecular weight is 339 g/mol. The molecule has 0 aliphatic carbocycles. The zero-order valence-corrected chi connectivity index (χ0v) is 14.6. The number of carbonyl (C=O) groups excluding carboxylic acids is 1. The van der Waals surface area contributed by atoms with Gasteiger partial charge >= 0.3 is 6.09 Å². The van der Waals surface area contributed by atoms with E-state index in [0.29, 0.717) is 12.1 Å². The number of carbonyl (C=O) groups is 1. The van der Waals surface area contributed by atoms with Gasteiger partial charge in [0.2, 0.25) is 0 Å². The fourth-order valence-corrected chi connectivity index (χ4v) is 4.54. The quantitative estimate of drug-likeness (QED) is 0.798. The van der Waals surface area contributed by atoms with E-state index in [9.17, 15) is 13.2 Å². The Morgan fingerprint density at radius 1 is 1.26 bits per heavy atom. The van der Waals surface area contributed by atoms with Gasteiger partial charge in [0.15, 0.2) is 9.84 Å². The van der Waals surface area contributed by atoms with Gasteiger partial charge in [0.25, 0.3) is 0 Å². The molecule has 1 unspecified atom stereocenters. The summed E-state index contributed by atoms with van der Waals surface area (Å²) in [6.07, 6.45) is 3.25. The van der Waals surface area contributed by atoms with Gasteiger partial charge in [-0.05, 0) is 43.9 Å². The molecule has 0 bridgehead atoms. The van der Waals surface area contributed by atoms with E-state index in [1.54, 1.807) is 6.92 Å². The number of benzene rings is 1. The molecule has 128 valence electrons. The third kappa shape index (κ3) is 4.70. The molecule has 1 saturated heterocycles. The van der Waals surface area contributed by atoms with E-state index in [4.69, 9.17) is 4.74 Å². The minimum Gasteiger partial charge on any atom is -0.449 e. The third-order valence-electron chi connectivity index (χ3n) is 4.07. The first-order chi connectivity index (χ1) is 11.0. The van der Waals surface area contributed by atoms with Crippen LogP contribution in [0.15, 0.2) is 24.3 Å². The van der Waals surface area contributed by atoms with E-state index in [0.717, 1.165) is 19.3 Å². The number of anilines is 1. The van der Waals surface area contributed by atoms with Crippen LogP contribution in [0.1, 0.15) is 38.7 Å². The summed E-state index contributed by atoms with van der Waals surface area (Å²) in [5.41, 5.74) is 1.92. The molecule has 1 fully saturated rings. The highest BCUT2D eigenvalue weighted by Crippen LogP contribution is 2.26. The Hall–Kier alpha value is -1.56. The number of ether oxygens (including phenoxy) is 1. The van der Waals surface area contributed by atoms with Crippen molar-refractivity contribution in [3.05, 3.63) is 29.8 Å². The van der Waals surface area contributed by atoms with Gasteiger partial charge in [-0.25, -0.2) is 13.2 Å². The Morgan fingerprint density at radius 3 is 2.48 bits per heavy atom. The van der Waals surface area contributed by atoms with E-state index in [-0.39, 0.29) is 24.2 Å². The molecule has 23 heavy (non-hydrogen) atoms. The minimum absolute atomic E-state index is 0.00337. The van der Waals surface area contributed by atoms with E-state index in [1.807, 2.05) is 24.3 Å². The van der Waals surface area contributed by atoms with Gasteiger partial charge in [-0.1, -0.05) is 25.5 Å². The fraction of sp³-hybridized carbons (Fsp3) is 0.588. The molecule has 0 aromatic heterocycles. The van der Waals surface area contributed by atoms with Crippen molar-refractivity contribution in [2.45, 2.75) is 45.6 Å². The lowest BCUT2D eigenvalue weighted by Crippen LogP contribution is -2.41. The van der Waals surface area contributed by atoms with Crippen LogP contribution in [0.4, 0.5) is 10.5 Å². The first-order valence-corrected chi connectivity index (χ1v) is 10.0. The van der Waals surface area contributed by atoms with Crippen LogP contribution in [-0.4, -0.2) is 38.7 Å². The number of sulfone groups is 1. The van der Waals surface area contributed by atoms with Gasteiger partial charge in [0.1, 0.15) is 0 Å². The summed E-state index contributed by atoms with van der Waals surface area (Å²) in [5.74, 6) is 0.131. The first-order valence-electron chi connectivity index (χ1n) is 8.22. The van der Waals surface area contributed by atoms with Crippen molar-refractivity contribution >= 4 is 21.6 Å². The molecule has 5 nitrogen and oxygen atoms in total. The molecular formula is C17H25NO4S. The number of nitrogens with zero attached hydrogens (tertiary/aromatic N) is 1. The Labute approximate surface area is 138 Å². The molecular weight excluding hydrogens is 314 g/mol. The molecule has 0 saturated carbocycles. The maximum absolute atomic E-state index is 12.3. The lowest BCUT2D eigenvalue weighted by atomic mass is 10.1. The first kappa shape index (κ1) is 17.8. The van der Waals surface area contributed by atoms with Crippen molar-refractivity contribution in [3.63, 3.8) is 0 Å². The largest absolute Gasteiger partial charge is 0.449 e. The van der Waals surface area contributed by atoms with Crippen LogP contribution in [0.3, 0.4) is 0 Å². The number of amides is 1. The van der Waals surface area contributed by atoms with Crippen molar-refractivity contribution in [1.82, 2.24) is 0 Å². The third-order valence-corrected chi connectivity index (χ3v) is 5.82. The molecule has 0 radical (unpaired) electrons. The monoisotopic (exact) mass is 339 g/mol. The highest BCUT2D eigenvalue weighted by atomic mass is 32.2. The average Bonchev–Trinajstić information content (AvgIpc) is 2.87. The smallest absolute Gasteiger partial charge is 0.414 e. The van der Waals surface area contributed by atoms with Crippen molar-refractivity contribution in [2.24, 2.45) is 0 Å². The second-order valence-corrected chi connectivity index (χ2v) is 8.12. The zero-order valence-electron chi connectivity index (χ0n) is 13.8. The van der Waals surface area contributed by atoms with Crippen LogP contribution >= 0.6 is 0 Å². The second-order valence-electron chi connectivity index (χ2n) is 5.90. The second kappa shape index (κ2) is 7.81. The molecule has 0 N–H and O–H groups in total. The van der Waals surface area contributed by atoms with Crippen LogP contribution in [0.25, 0.3) is 0 Å².